The summed E-state index contributed by atoms with van der Waals surface area (Å²) in [6.07, 6.45) is 8.33. The number of nitrogens with zero attached hydrogens (tertiary/aromatic N) is 3. The quantitative estimate of drug-likeness (QED) is 0.564. The highest BCUT2D eigenvalue weighted by atomic mass is 16.5. The standard InChI is InChI=1S/C21H33N5O2/c1-6-8-9-10-11-14-26-17(7-2)24-20(19(26)21(27)22-4)25-18-15(3)23-13-12-16(18)28-5/h12-13,25H,6-11,14H2,1-5H3,(H,22,27). The summed E-state index contributed by atoms with van der Waals surface area (Å²) >= 11 is 0. The summed E-state index contributed by atoms with van der Waals surface area (Å²) in [5.41, 5.74) is 2.07. The average molecular weight is 388 g/mol. The van der Waals surface area contributed by atoms with Gasteiger partial charge in [-0.1, -0.05) is 39.5 Å². The van der Waals surface area contributed by atoms with Crippen molar-refractivity contribution in [2.75, 3.05) is 19.5 Å². The average Bonchev–Trinajstić information content (AvgIpc) is 3.06. The van der Waals surface area contributed by atoms with E-state index in [0.29, 0.717) is 17.3 Å². The molecule has 0 aromatic carbocycles. The van der Waals surface area contributed by atoms with Crippen LogP contribution in [0.2, 0.25) is 0 Å². The molecule has 0 aliphatic rings. The summed E-state index contributed by atoms with van der Waals surface area (Å²) < 4.78 is 7.50. The third-order valence-electron chi connectivity index (χ3n) is 4.86. The highest BCUT2D eigenvalue weighted by Gasteiger charge is 2.23. The molecule has 0 spiro atoms. The van der Waals surface area contributed by atoms with Gasteiger partial charge in [0.15, 0.2) is 11.5 Å². The van der Waals surface area contributed by atoms with Gasteiger partial charge in [0.1, 0.15) is 17.3 Å². The van der Waals surface area contributed by atoms with Crippen molar-refractivity contribution in [1.82, 2.24) is 19.9 Å². The SMILES string of the molecule is CCCCCCCn1c(CC)nc(Nc2c(OC)ccnc2C)c1C(=O)NC. The molecule has 0 saturated carbocycles. The lowest BCUT2D eigenvalue weighted by atomic mass is 10.1. The van der Waals surface area contributed by atoms with Crippen molar-refractivity contribution >= 4 is 17.4 Å². The van der Waals surface area contributed by atoms with Gasteiger partial charge in [0, 0.05) is 32.3 Å². The Hall–Kier alpha value is -2.57. The number of ether oxygens (including phenoxy) is 1. The molecule has 7 nitrogen and oxygen atoms in total. The largest absolute Gasteiger partial charge is 0.494 e. The maximum absolute atomic E-state index is 12.7. The number of hydrogen-bond donors (Lipinski definition) is 2. The number of carbonyl (C=O) groups is 1. The van der Waals surface area contributed by atoms with Gasteiger partial charge < -0.3 is 19.9 Å². The number of pyridine rings is 1. The summed E-state index contributed by atoms with van der Waals surface area (Å²) in [5, 5.41) is 6.05. The van der Waals surface area contributed by atoms with Gasteiger partial charge in [-0.15, -0.1) is 0 Å². The Morgan fingerprint density at radius 2 is 1.96 bits per heavy atom. The molecular weight excluding hydrogens is 354 g/mol. The Morgan fingerprint density at radius 3 is 2.61 bits per heavy atom. The second kappa shape index (κ2) is 10.7. The van der Waals surface area contributed by atoms with Gasteiger partial charge in [-0.05, 0) is 13.3 Å². The summed E-state index contributed by atoms with van der Waals surface area (Å²) in [5.74, 6) is 1.96. The van der Waals surface area contributed by atoms with E-state index in [0.717, 1.165) is 43.0 Å². The fourth-order valence-electron chi connectivity index (χ4n) is 3.30. The topological polar surface area (TPSA) is 81.1 Å². The van der Waals surface area contributed by atoms with Gasteiger partial charge in [-0.2, -0.15) is 0 Å². The van der Waals surface area contributed by atoms with E-state index in [1.54, 1.807) is 26.4 Å². The first-order valence-corrected chi connectivity index (χ1v) is 10.1. The zero-order valence-electron chi connectivity index (χ0n) is 17.8. The van der Waals surface area contributed by atoms with E-state index in [9.17, 15) is 4.79 Å². The zero-order chi connectivity index (χ0) is 20.5. The predicted octanol–water partition coefficient (Wildman–Crippen LogP) is 4.23. The molecule has 0 fully saturated rings. The van der Waals surface area contributed by atoms with Gasteiger partial charge in [-0.3, -0.25) is 9.78 Å². The molecule has 0 unspecified atom stereocenters. The highest BCUT2D eigenvalue weighted by molar-refractivity contribution is 5.98. The van der Waals surface area contributed by atoms with E-state index in [1.807, 2.05) is 11.5 Å². The monoisotopic (exact) mass is 387 g/mol. The van der Waals surface area contributed by atoms with Crippen LogP contribution in [0.25, 0.3) is 0 Å². The van der Waals surface area contributed by atoms with Gasteiger partial charge in [0.2, 0.25) is 0 Å². The Balaban J connectivity index is 2.37. The molecule has 28 heavy (non-hydrogen) atoms. The number of methoxy groups -OCH3 is 1. The first-order chi connectivity index (χ1) is 13.6. The van der Waals surface area contributed by atoms with E-state index in [1.165, 1.54) is 19.3 Å². The molecule has 7 heteroatoms. The lowest BCUT2D eigenvalue weighted by Gasteiger charge is -2.14. The number of amides is 1. The van der Waals surface area contributed by atoms with Crippen molar-refractivity contribution in [3.05, 3.63) is 29.5 Å². The number of imidazole rings is 1. The minimum absolute atomic E-state index is 0.149. The lowest BCUT2D eigenvalue weighted by Crippen LogP contribution is -2.23. The van der Waals surface area contributed by atoms with Crippen LogP contribution in [-0.2, 0) is 13.0 Å². The molecule has 154 valence electrons. The molecular formula is C21H33N5O2. The zero-order valence-corrected chi connectivity index (χ0v) is 17.8. The maximum Gasteiger partial charge on any atom is 0.271 e. The number of aromatic nitrogens is 3. The second-order valence-electron chi connectivity index (χ2n) is 6.82. The van der Waals surface area contributed by atoms with Crippen molar-refractivity contribution in [3.63, 3.8) is 0 Å². The third kappa shape index (κ3) is 5.03. The number of aryl methyl sites for hydroxylation is 2. The fourth-order valence-corrected chi connectivity index (χ4v) is 3.30. The number of unbranched alkanes of at least 4 members (excludes halogenated alkanes) is 4. The first kappa shape index (κ1) is 21.7. The summed E-state index contributed by atoms with van der Waals surface area (Å²) in [4.78, 5) is 21.8. The molecule has 2 aromatic heterocycles. The van der Waals surface area contributed by atoms with Crippen LogP contribution in [0.5, 0.6) is 5.75 Å². The van der Waals surface area contributed by atoms with Crippen LogP contribution >= 0.6 is 0 Å². The Kier molecular flexibility index (Phi) is 8.29. The molecule has 0 aliphatic carbocycles. The van der Waals surface area contributed by atoms with Crippen molar-refractivity contribution in [1.29, 1.82) is 0 Å². The third-order valence-corrected chi connectivity index (χ3v) is 4.86. The normalized spacial score (nSPS) is 10.8. The van der Waals surface area contributed by atoms with E-state index >= 15 is 0 Å². The molecule has 2 N–H and O–H groups in total. The van der Waals surface area contributed by atoms with Crippen LogP contribution < -0.4 is 15.4 Å². The van der Waals surface area contributed by atoms with E-state index in [-0.39, 0.29) is 5.91 Å². The van der Waals surface area contributed by atoms with Crippen LogP contribution in [0.3, 0.4) is 0 Å². The van der Waals surface area contributed by atoms with E-state index in [2.05, 4.69) is 29.5 Å². The Morgan fingerprint density at radius 1 is 1.21 bits per heavy atom. The number of hydrogen-bond acceptors (Lipinski definition) is 5. The number of anilines is 2. The molecule has 1 amide bonds. The van der Waals surface area contributed by atoms with Crippen LogP contribution in [0.4, 0.5) is 11.5 Å². The van der Waals surface area contributed by atoms with Gasteiger partial charge in [0.05, 0.1) is 12.8 Å². The smallest absolute Gasteiger partial charge is 0.271 e. The van der Waals surface area contributed by atoms with Gasteiger partial charge in [0.25, 0.3) is 5.91 Å². The molecule has 2 heterocycles. The van der Waals surface area contributed by atoms with Crippen LogP contribution in [0.1, 0.15) is 68.0 Å². The minimum Gasteiger partial charge on any atom is -0.494 e. The Bertz CT molecular complexity index is 785. The van der Waals surface area contributed by atoms with Crippen molar-refractivity contribution < 1.29 is 9.53 Å². The maximum atomic E-state index is 12.7. The fraction of sp³-hybridized carbons (Fsp3) is 0.571. The molecule has 0 radical (unpaired) electrons. The van der Waals surface area contributed by atoms with Crippen molar-refractivity contribution in [2.24, 2.45) is 0 Å². The molecule has 2 aromatic rings. The number of rotatable bonds is 11. The van der Waals surface area contributed by atoms with Crippen LogP contribution in [0.15, 0.2) is 12.3 Å². The molecule has 2 rings (SSSR count). The summed E-state index contributed by atoms with van der Waals surface area (Å²) in [6, 6.07) is 1.79. The van der Waals surface area contributed by atoms with Gasteiger partial charge >= 0.3 is 0 Å². The number of carbonyl (C=O) groups excluding carboxylic acids is 1. The van der Waals surface area contributed by atoms with Crippen molar-refractivity contribution in [3.8, 4) is 5.75 Å². The van der Waals surface area contributed by atoms with Crippen LogP contribution in [0, 0.1) is 6.92 Å². The minimum atomic E-state index is -0.149. The Labute approximate surface area is 167 Å². The predicted molar refractivity (Wildman–Crippen MR) is 113 cm³/mol. The summed E-state index contributed by atoms with van der Waals surface area (Å²) in [6.45, 7) is 6.95. The van der Waals surface area contributed by atoms with Crippen molar-refractivity contribution in [2.45, 2.75) is 65.8 Å². The highest BCUT2D eigenvalue weighted by Crippen LogP contribution is 2.31. The molecule has 0 aliphatic heterocycles. The molecule has 0 atom stereocenters. The van der Waals surface area contributed by atoms with E-state index in [4.69, 9.17) is 9.72 Å². The molecule has 0 bridgehead atoms. The van der Waals surface area contributed by atoms with Crippen LogP contribution in [-0.4, -0.2) is 34.6 Å². The number of nitrogens with one attached hydrogen (secondary N) is 2. The van der Waals surface area contributed by atoms with Gasteiger partial charge in [-0.25, -0.2) is 4.98 Å². The molecule has 0 saturated heterocycles. The lowest BCUT2D eigenvalue weighted by molar-refractivity contribution is 0.0954. The van der Waals surface area contributed by atoms with E-state index < -0.39 is 0 Å². The summed E-state index contributed by atoms with van der Waals surface area (Å²) in [7, 11) is 3.26. The first-order valence-electron chi connectivity index (χ1n) is 10.1. The second-order valence-corrected chi connectivity index (χ2v) is 6.82.